The summed E-state index contributed by atoms with van der Waals surface area (Å²) in [6.45, 7) is 6.00. The number of nitrogens with one attached hydrogen (secondary N) is 1. The third-order valence-corrected chi connectivity index (χ3v) is 9.14. The molecule has 10 heteroatoms. The fraction of sp³-hybridized carbons (Fsp3) is 0.524. The van der Waals surface area contributed by atoms with Crippen LogP contribution in [0, 0.1) is 18.3 Å². The van der Waals surface area contributed by atoms with Crippen molar-refractivity contribution < 1.29 is 9.47 Å². The van der Waals surface area contributed by atoms with E-state index in [0.29, 0.717) is 11.1 Å². The van der Waals surface area contributed by atoms with E-state index in [0.717, 1.165) is 33.6 Å². The minimum Gasteiger partial charge on any atom is -0.357 e. The fourth-order valence-electron chi connectivity index (χ4n) is 8.45. The first kappa shape index (κ1) is 16.2. The molecule has 9 rings (SSSR count). The second kappa shape index (κ2) is 3.89. The van der Waals surface area contributed by atoms with Gasteiger partial charge in [-0.1, -0.05) is 11.6 Å². The molecule has 4 aliphatic carbocycles. The van der Waals surface area contributed by atoms with E-state index < -0.39 is 5.79 Å². The molecule has 1 aliphatic heterocycles. The molecule has 0 amide bonds. The molecular weight excluding hydrogens is 418 g/mol. The highest BCUT2D eigenvalue weighted by Gasteiger charge is 3.41. The van der Waals surface area contributed by atoms with Crippen LogP contribution in [0.3, 0.4) is 0 Å². The Kier molecular flexibility index (Phi) is 2.03. The Balaban J connectivity index is 1.28. The van der Waals surface area contributed by atoms with E-state index in [1.54, 1.807) is 6.33 Å². The summed E-state index contributed by atoms with van der Waals surface area (Å²) in [4.78, 5) is 17.5. The zero-order valence-corrected chi connectivity index (χ0v) is 18.0. The quantitative estimate of drug-likeness (QED) is 0.486. The van der Waals surface area contributed by atoms with Gasteiger partial charge >= 0.3 is 0 Å². The number of hydrogen-bond acceptors (Lipinski definition) is 6. The van der Waals surface area contributed by atoms with Gasteiger partial charge in [0.2, 0.25) is 0 Å². The van der Waals surface area contributed by atoms with Gasteiger partial charge in [0, 0.05) is 24.0 Å². The number of ether oxygens (including phenoxy) is 2. The van der Waals surface area contributed by atoms with Crippen molar-refractivity contribution in [2.45, 2.75) is 49.2 Å². The third kappa shape index (κ3) is 1.10. The maximum absolute atomic E-state index is 6.65. The molecule has 1 saturated heterocycles. The van der Waals surface area contributed by atoms with Crippen LogP contribution in [0.2, 0.25) is 5.15 Å². The molecule has 9 nitrogen and oxygen atoms in total. The van der Waals surface area contributed by atoms with Crippen LogP contribution in [0.25, 0.3) is 22.1 Å². The summed E-state index contributed by atoms with van der Waals surface area (Å²) in [5, 5.41) is 5.72. The molecule has 0 bridgehead atoms. The van der Waals surface area contributed by atoms with Gasteiger partial charge in [0.15, 0.2) is 11.4 Å². The lowest BCUT2D eigenvalue weighted by Crippen LogP contribution is -2.44. The van der Waals surface area contributed by atoms with E-state index in [2.05, 4.69) is 19.6 Å². The number of imidazole rings is 1. The fourth-order valence-corrected chi connectivity index (χ4v) is 8.68. The standard InChI is InChI=1S/C21H18ClN7O2/c1-8-5-9-10(26-8)11-15(27-14(9)22)29(7-24-11)13-12-18(16-23-6-25-28(16)4)19(12)20(13)21(18,19)31-17(2,3)30-20/h5-7,12-13,26H,1-4H3/t12-,13-,18-,19?,20+,21-/m1/s1. The van der Waals surface area contributed by atoms with Gasteiger partial charge in [0.05, 0.1) is 28.7 Å². The van der Waals surface area contributed by atoms with E-state index in [9.17, 15) is 0 Å². The summed E-state index contributed by atoms with van der Waals surface area (Å²) in [5.74, 6) is 0.728. The monoisotopic (exact) mass is 435 g/mol. The molecule has 5 fully saturated rings. The highest BCUT2D eigenvalue weighted by atomic mass is 35.5. The van der Waals surface area contributed by atoms with E-state index in [1.807, 2.05) is 44.9 Å². The average molecular weight is 436 g/mol. The summed E-state index contributed by atoms with van der Waals surface area (Å²) in [7, 11) is 1.95. The van der Waals surface area contributed by atoms with Crippen molar-refractivity contribution >= 4 is 33.7 Å². The summed E-state index contributed by atoms with van der Waals surface area (Å²) in [6.07, 6.45) is 3.51. The average Bonchev–Trinajstić information content (AvgIpc) is 3.17. The maximum Gasteiger partial charge on any atom is 0.164 e. The summed E-state index contributed by atoms with van der Waals surface area (Å²) >= 11 is 6.57. The minimum atomic E-state index is -0.640. The van der Waals surface area contributed by atoms with Crippen LogP contribution in [-0.4, -0.2) is 51.3 Å². The van der Waals surface area contributed by atoms with Crippen LogP contribution in [0.15, 0.2) is 18.7 Å². The van der Waals surface area contributed by atoms with Crippen molar-refractivity contribution in [1.29, 1.82) is 0 Å². The smallest absolute Gasteiger partial charge is 0.164 e. The van der Waals surface area contributed by atoms with Crippen molar-refractivity contribution in [3.8, 4) is 0 Å². The number of halogens is 1. The predicted molar refractivity (Wildman–Crippen MR) is 108 cm³/mol. The van der Waals surface area contributed by atoms with E-state index in [1.165, 1.54) is 0 Å². The molecule has 3 spiro atoms. The van der Waals surface area contributed by atoms with Crippen LogP contribution in [0.5, 0.6) is 0 Å². The number of fused-ring (bicyclic) bond motifs is 4. The number of hydrogen-bond donors (Lipinski definition) is 1. The first-order valence-electron chi connectivity index (χ1n) is 10.6. The SMILES string of the molecule is Cc1cc2c(Cl)nc3c(ncn3[C@@H]3[C@H]4C56[C@]7(OC(C)(C)O[C@@]357)[C@@]46c3ncnn3C)c2[nH]1. The Labute approximate surface area is 180 Å². The normalized spacial score (nSPS) is 44.2. The largest absolute Gasteiger partial charge is 0.357 e. The van der Waals surface area contributed by atoms with Gasteiger partial charge in [-0.05, 0) is 26.8 Å². The molecule has 156 valence electrons. The first-order valence-corrected chi connectivity index (χ1v) is 10.9. The third-order valence-electron chi connectivity index (χ3n) is 8.85. The molecule has 4 saturated carbocycles. The summed E-state index contributed by atoms with van der Waals surface area (Å²) in [6, 6.07) is 2.09. The molecule has 4 aromatic rings. The molecule has 5 aliphatic rings. The topological polar surface area (TPSA) is 95.7 Å². The van der Waals surface area contributed by atoms with Gasteiger partial charge in [0.1, 0.15) is 34.0 Å². The predicted octanol–water partition coefficient (Wildman–Crippen LogP) is 2.40. The van der Waals surface area contributed by atoms with Crippen LogP contribution in [-0.2, 0) is 21.9 Å². The number of pyridine rings is 1. The number of aromatic nitrogens is 7. The molecule has 5 heterocycles. The molecule has 0 radical (unpaired) electrons. The Hall–Kier alpha value is -2.49. The highest BCUT2D eigenvalue weighted by Crippen LogP contribution is 3.26. The molecule has 31 heavy (non-hydrogen) atoms. The van der Waals surface area contributed by atoms with Gasteiger partial charge in [0.25, 0.3) is 0 Å². The number of aryl methyl sites for hydroxylation is 2. The van der Waals surface area contributed by atoms with Crippen molar-refractivity contribution in [2.75, 3.05) is 0 Å². The molecule has 6 atom stereocenters. The van der Waals surface area contributed by atoms with Gasteiger partial charge in [-0.25, -0.2) is 15.0 Å². The Morgan fingerprint density at radius 1 is 1.23 bits per heavy atom. The van der Waals surface area contributed by atoms with Crippen molar-refractivity contribution in [3.05, 3.63) is 35.4 Å². The second-order valence-electron chi connectivity index (χ2n) is 10.2. The van der Waals surface area contributed by atoms with Gasteiger partial charge in [-0.2, -0.15) is 5.10 Å². The Morgan fingerprint density at radius 2 is 2.06 bits per heavy atom. The van der Waals surface area contributed by atoms with E-state index >= 15 is 0 Å². The van der Waals surface area contributed by atoms with Crippen LogP contribution in [0.4, 0.5) is 0 Å². The number of H-pyrrole nitrogens is 1. The summed E-state index contributed by atoms with van der Waals surface area (Å²) < 4.78 is 17.3. The lowest BCUT2D eigenvalue weighted by Gasteiger charge is -2.37. The summed E-state index contributed by atoms with van der Waals surface area (Å²) in [5.41, 5.74) is 2.78. The Bertz CT molecular complexity index is 1570. The zero-order valence-electron chi connectivity index (χ0n) is 17.3. The van der Waals surface area contributed by atoms with E-state index in [4.69, 9.17) is 31.0 Å². The highest BCUT2D eigenvalue weighted by molar-refractivity contribution is 6.35. The van der Waals surface area contributed by atoms with Crippen LogP contribution < -0.4 is 0 Å². The van der Waals surface area contributed by atoms with Gasteiger partial charge in [-0.3, -0.25) is 4.68 Å². The lowest BCUT2D eigenvalue weighted by molar-refractivity contribution is -0.223. The molecular formula is C21H18ClN7O2. The molecule has 0 aromatic carbocycles. The minimum absolute atomic E-state index is 0.0154. The van der Waals surface area contributed by atoms with Gasteiger partial charge in [-0.15, -0.1) is 0 Å². The van der Waals surface area contributed by atoms with Crippen molar-refractivity contribution in [2.24, 2.45) is 18.4 Å². The molecule has 4 aromatic heterocycles. The number of nitrogens with zero attached hydrogens (tertiary/aromatic N) is 6. The van der Waals surface area contributed by atoms with Crippen molar-refractivity contribution in [3.63, 3.8) is 0 Å². The Morgan fingerprint density at radius 3 is 2.84 bits per heavy atom. The van der Waals surface area contributed by atoms with Crippen molar-refractivity contribution in [1.82, 2.24) is 34.3 Å². The first-order chi connectivity index (χ1) is 14.8. The number of aromatic amines is 1. The van der Waals surface area contributed by atoms with Crippen LogP contribution in [0.1, 0.15) is 31.4 Å². The number of rotatable bonds is 2. The molecule has 1 N–H and O–H groups in total. The van der Waals surface area contributed by atoms with E-state index in [-0.39, 0.29) is 28.1 Å². The molecule has 1 unspecified atom stereocenters. The second-order valence-corrected chi connectivity index (χ2v) is 10.6. The zero-order chi connectivity index (χ0) is 20.9. The van der Waals surface area contributed by atoms with Crippen LogP contribution >= 0.6 is 11.6 Å². The lowest BCUT2D eigenvalue weighted by atomic mass is 9.88. The van der Waals surface area contributed by atoms with Gasteiger partial charge < -0.3 is 19.0 Å². The maximum atomic E-state index is 6.65.